The summed E-state index contributed by atoms with van der Waals surface area (Å²) in [7, 11) is 1.82. The van der Waals surface area contributed by atoms with Crippen LogP contribution < -0.4 is 5.73 Å². The summed E-state index contributed by atoms with van der Waals surface area (Å²) >= 11 is 0. The van der Waals surface area contributed by atoms with E-state index in [9.17, 15) is 4.79 Å². The summed E-state index contributed by atoms with van der Waals surface area (Å²) in [5.41, 5.74) is 7.26. The van der Waals surface area contributed by atoms with Crippen LogP contribution in [0.4, 0.5) is 0 Å². The molecule has 0 saturated carbocycles. The molecule has 6 nitrogen and oxygen atoms in total. The Morgan fingerprint density at radius 2 is 2.33 bits per heavy atom. The first-order valence-electron chi connectivity index (χ1n) is 4.35. The molecule has 0 radical (unpaired) electrons. The Hall–Kier alpha value is -1.95. The Morgan fingerprint density at radius 1 is 1.60 bits per heavy atom. The third-order valence-electron chi connectivity index (χ3n) is 2.20. The minimum Gasteiger partial charge on any atom is -0.480 e. The van der Waals surface area contributed by atoms with E-state index in [1.807, 2.05) is 7.05 Å². The van der Waals surface area contributed by atoms with Crippen LogP contribution in [0.2, 0.25) is 0 Å². The number of pyridine rings is 1. The van der Waals surface area contributed by atoms with E-state index in [-0.39, 0.29) is 0 Å². The Morgan fingerprint density at radius 3 is 3.00 bits per heavy atom. The second kappa shape index (κ2) is 3.32. The number of carbonyl (C=O) groups is 1. The molecule has 0 amide bonds. The van der Waals surface area contributed by atoms with Gasteiger partial charge in [-0.2, -0.15) is 0 Å². The summed E-state index contributed by atoms with van der Waals surface area (Å²) in [6.07, 6.45) is 3.08. The molecule has 0 aliphatic carbocycles. The molecule has 0 aliphatic heterocycles. The van der Waals surface area contributed by atoms with Crippen LogP contribution in [0.25, 0.3) is 11.2 Å². The molecule has 0 aromatic carbocycles. The fourth-order valence-electron chi connectivity index (χ4n) is 1.34. The van der Waals surface area contributed by atoms with Gasteiger partial charge in [0, 0.05) is 18.8 Å². The van der Waals surface area contributed by atoms with Crippen molar-refractivity contribution in [2.45, 2.75) is 6.04 Å². The third-order valence-corrected chi connectivity index (χ3v) is 2.20. The number of nitrogens with zero attached hydrogens (tertiary/aromatic N) is 3. The molecule has 0 aliphatic rings. The van der Waals surface area contributed by atoms with Crippen LogP contribution in [-0.2, 0) is 11.8 Å². The largest absolute Gasteiger partial charge is 0.480 e. The second-order valence-corrected chi connectivity index (χ2v) is 3.28. The quantitative estimate of drug-likeness (QED) is 0.724. The van der Waals surface area contributed by atoms with Crippen LogP contribution in [0.15, 0.2) is 18.6 Å². The van der Waals surface area contributed by atoms with Crippen LogP contribution in [0.1, 0.15) is 11.6 Å². The first-order valence-corrected chi connectivity index (χ1v) is 4.35. The third kappa shape index (κ3) is 1.55. The average molecular weight is 206 g/mol. The normalized spacial score (nSPS) is 12.9. The number of aliphatic carboxylic acids is 1. The molecule has 0 bridgehead atoms. The van der Waals surface area contributed by atoms with Gasteiger partial charge in [-0.05, 0) is 6.07 Å². The fraction of sp³-hybridized carbons (Fsp3) is 0.222. The molecule has 0 saturated heterocycles. The SMILES string of the molecule is Cn1cnc2cc(C(N)C(=O)O)cnc21. The standard InChI is InChI=1S/C9H10N4O2/c1-13-4-12-6-2-5(3-11-8(6)13)7(10)9(14)15/h2-4,7H,10H2,1H3,(H,14,15). The number of aromatic nitrogens is 3. The predicted octanol–water partition coefficient (Wildman–Crippen LogP) is 0.0527. The highest BCUT2D eigenvalue weighted by Crippen LogP contribution is 2.15. The maximum atomic E-state index is 10.7. The molecule has 6 heteroatoms. The van der Waals surface area contributed by atoms with Crippen molar-refractivity contribution in [2.75, 3.05) is 0 Å². The van der Waals surface area contributed by atoms with Crippen molar-refractivity contribution in [1.82, 2.24) is 14.5 Å². The summed E-state index contributed by atoms with van der Waals surface area (Å²) < 4.78 is 1.76. The van der Waals surface area contributed by atoms with Gasteiger partial charge in [-0.15, -0.1) is 0 Å². The summed E-state index contributed by atoms with van der Waals surface area (Å²) in [6, 6.07) is 0.588. The zero-order valence-electron chi connectivity index (χ0n) is 8.08. The van der Waals surface area contributed by atoms with Gasteiger partial charge in [0.2, 0.25) is 0 Å². The number of carboxylic acid groups (broad SMARTS) is 1. The molecule has 0 fully saturated rings. The lowest BCUT2D eigenvalue weighted by Crippen LogP contribution is -2.20. The maximum Gasteiger partial charge on any atom is 0.325 e. The first-order chi connectivity index (χ1) is 7.09. The lowest BCUT2D eigenvalue weighted by Gasteiger charge is -2.05. The van der Waals surface area contributed by atoms with E-state index in [4.69, 9.17) is 10.8 Å². The zero-order valence-corrected chi connectivity index (χ0v) is 8.08. The molecular weight excluding hydrogens is 196 g/mol. The molecule has 1 atom stereocenters. The number of nitrogens with two attached hydrogens (primary N) is 1. The number of rotatable bonds is 2. The lowest BCUT2D eigenvalue weighted by molar-refractivity contribution is -0.138. The minimum absolute atomic E-state index is 0.453. The summed E-state index contributed by atoms with van der Waals surface area (Å²) in [4.78, 5) is 18.8. The van der Waals surface area contributed by atoms with Gasteiger partial charge in [0.25, 0.3) is 0 Å². The van der Waals surface area contributed by atoms with Gasteiger partial charge in [0.05, 0.1) is 6.33 Å². The molecule has 15 heavy (non-hydrogen) atoms. The van der Waals surface area contributed by atoms with Gasteiger partial charge >= 0.3 is 5.97 Å². The summed E-state index contributed by atoms with van der Waals surface area (Å²) in [6.45, 7) is 0. The van der Waals surface area contributed by atoms with Gasteiger partial charge in [0.1, 0.15) is 11.6 Å². The monoisotopic (exact) mass is 206 g/mol. The molecular formula is C9H10N4O2. The van der Waals surface area contributed by atoms with Gasteiger partial charge < -0.3 is 15.4 Å². The molecule has 3 N–H and O–H groups in total. The molecule has 1 unspecified atom stereocenters. The van der Waals surface area contributed by atoms with Crippen molar-refractivity contribution in [3.05, 3.63) is 24.2 Å². The van der Waals surface area contributed by atoms with E-state index < -0.39 is 12.0 Å². The fourth-order valence-corrected chi connectivity index (χ4v) is 1.34. The lowest BCUT2D eigenvalue weighted by atomic mass is 10.1. The second-order valence-electron chi connectivity index (χ2n) is 3.28. The van der Waals surface area contributed by atoms with Crippen LogP contribution in [0, 0.1) is 0 Å². The Labute approximate surface area is 85.4 Å². The van der Waals surface area contributed by atoms with Gasteiger partial charge in [-0.1, -0.05) is 0 Å². The van der Waals surface area contributed by atoms with E-state index in [0.29, 0.717) is 16.7 Å². The molecule has 0 spiro atoms. The van der Waals surface area contributed by atoms with Crippen molar-refractivity contribution < 1.29 is 9.90 Å². The van der Waals surface area contributed by atoms with Crippen LogP contribution in [0.5, 0.6) is 0 Å². The van der Waals surface area contributed by atoms with Crippen LogP contribution in [-0.4, -0.2) is 25.6 Å². The van der Waals surface area contributed by atoms with Gasteiger partial charge in [-0.3, -0.25) is 4.79 Å². The van der Waals surface area contributed by atoms with E-state index in [2.05, 4.69) is 9.97 Å². The number of imidazole rings is 1. The van der Waals surface area contributed by atoms with Crippen molar-refractivity contribution in [1.29, 1.82) is 0 Å². The average Bonchev–Trinajstić information content (AvgIpc) is 2.59. The maximum absolute atomic E-state index is 10.7. The molecule has 2 aromatic rings. The Balaban J connectivity index is 2.52. The van der Waals surface area contributed by atoms with Crippen LogP contribution >= 0.6 is 0 Å². The van der Waals surface area contributed by atoms with Gasteiger partial charge in [-0.25, -0.2) is 9.97 Å². The van der Waals surface area contributed by atoms with E-state index in [1.165, 1.54) is 6.20 Å². The van der Waals surface area contributed by atoms with Gasteiger partial charge in [0.15, 0.2) is 5.65 Å². The summed E-state index contributed by atoms with van der Waals surface area (Å²) in [5, 5.41) is 8.73. The van der Waals surface area contributed by atoms with E-state index >= 15 is 0 Å². The number of hydrogen-bond acceptors (Lipinski definition) is 4. The number of carboxylic acids is 1. The smallest absolute Gasteiger partial charge is 0.325 e. The van der Waals surface area contributed by atoms with Crippen molar-refractivity contribution >= 4 is 17.1 Å². The Kier molecular flexibility index (Phi) is 2.12. The van der Waals surface area contributed by atoms with E-state index in [1.54, 1.807) is 17.0 Å². The van der Waals surface area contributed by atoms with E-state index in [0.717, 1.165) is 0 Å². The molecule has 78 valence electrons. The summed E-state index contributed by atoms with van der Waals surface area (Å²) in [5.74, 6) is -1.08. The highest BCUT2D eigenvalue weighted by molar-refractivity contribution is 5.78. The molecule has 2 rings (SSSR count). The predicted molar refractivity (Wildman–Crippen MR) is 53.1 cm³/mol. The van der Waals surface area contributed by atoms with Crippen molar-refractivity contribution in [2.24, 2.45) is 12.8 Å². The highest BCUT2D eigenvalue weighted by atomic mass is 16.4. The highest BCUT2D eigenvalue weighted by Gasteiger charge is 2.15. The minimum atomic E-state index is -1.08. The number of fused-ring (bicyclic) bond motifs is 1. The number of aryl methyl sites for hydroxylation is 1. The number of hydrogen-bond donors (Lipinski definition) is 2. The topological polar surface area (TPSA) is 94.0 Å². The van der Waals surface area contributed by atoms with Crippen molar-refractivity contribution in [3.8, 4) is 0 Å². The molecule has 2 aromatic heterocycles. The van der Waals surface area contributed by atoms with Crippen LogP contribution in [0.3, 0.4) is 0 Å². The Bertz CT molecular complexity index is 520. The zero-order chi connectivity index (χ0) is 11.0. The van der Waals surface area contributed by atoms with Crippen molar-refractivity contribution in [3.63, 3.8) is 0 Å². The first kappa shape index (κ1) is 9.60. The molecule has 2 heterocycles.